The van der Waals surface area contributed by atoms with Crippen molar-refractivity contribution in [3.63, 3.8) is 0 Å². The van der Waals surface area contributed by atoms with Gasteiger partial charge in [-0.15, -0.1) is 0 Å². The first-order valence-corrected chi connectivity index (χ1v) is 5.24. The molecule has 0 radical (unpaired) electrons. The molecule has 0 saturated carbocycles. The van der Waals surface area contributed by atoms with Crippen molar-refractivity contribution in [3.8, 4) is 0 Å². The molecule has 0 atom stereocenters. The molecule has 1 rings (SSSR count). The quantitative estimate of drug-likeness (QED) is 0.357. The molecule has 88 valence electrons. The van der Waals surface area contributed by atoms with E-state index >= 15 is 0 Å². The predicted molar refractivity (Wildman–Crippen MR) is 54.1 cm³/mol. The van der Waals surface area contributed by atoms with Crippen molar-refractivity contribution in [2.45, 2.75) is 11.8 Å². The number of nitrogens with zero attached hydrogens (tertiary/aromatic N) is 1. The minimum Gasteiger partial charge on any atom is -0.479 e. The monoisotopic (exact) mass is 271 g/mol. The van der Waals surface area contributed by atoms with Gasteiger partial charge in [-0.1, -0.05) is 0 Å². The Labute approximate surface area is 98.0 Å². The SMILES string of the molecule is CCOC(=S)Sc1c(F)c(F)nc(F)c1F. The van der Waals surface area contributed by atoms with E-state index in [2.05, 4.69) is 17.2 Å². The number of thiocarbonyl (C=S) groups is 1. The zero-order chi connectivity index (χ0) is 12.3. The molecule has 0 aliphatic rings. The number of thioether (sulfide) groups is 1. The van der Waals surface area contributed by atoms with E-state index in [1.807, 2.05) is 0 Å². The van der Waals surface area contributed by atoms with Crippen LogP contribution in [0.25, 0.3) is 0 Å². The molecule has 8 heteroatoms. The van der Waals surface area contributed by atoms with Crippen molar-refractivity contribution in [3.05, 3.63) is 23.5 Å². The first-order chi connectivity index (χ1) is 7.47. The lowest BCUT2D eigenvalue weighted by atomic mass is 10.4. The zero-order valence-electron chi connectivity index (χ0n) is 7.89. The van der Waals surface area contributed by atoms with E-state index < -0.39 is 28.4 Å². The van der Waals surface area contributed by atoms with Crippen molar-refractivity contribution in [1.82, 2.24) is 4.98 Å². The molecule has 0 saturated heterocycles. The van der Waals surface area contributed by atoms with Crippen LogP contribution in [0.15, 0.2) is 4.90 Å². The first kappa shape index (κ1) is 13.2. The molecule has 0 bridgehead atoms. The Morgan fingerprint density at radius 2 is 1.75 bits per heavy atom. The molecule has 0 aliphatic heterocycles. The largest absolute Gasteiger partial charge is 0.479 e. The highest BCUT2D eigenvalue weighted by Crippen LogP contribution is 2.28. The molecule has 0 N–H and O–H groups in total. The van der Waals surface area contributed by atoms with E-state index in [1.165, 1.54) is 0 Å². The fraction of sp³-hybridized carbons (Fsp3) is 0.250. The van der Waals surface area contributed by atoms with Crippen LogP contribution < -0.4 is 0 Å². The van der Waals surface area contributed by atoms with Crippen LogP contribution in [0.2, 0.25) is 0 Å². The fourth-order valence-electron chi connectivity index (χ4n) is 0.788. The molecule has 2 nitrogen and oxygen atoms in total. The van der Waals surface area contributed by atoms with E-state index in [0.29, 0.717) is 0 Å². The number of halogens is 4. The van der Waals surface area contributed by atoms with Gasteiger partial charge in [-0.25, -0.2) is 8.78 Å². The van der Waals surface area contributed by atoms with E-state index in [0.717, 1.165) is 0 Å². The van der Waals surface area contributed by atoms with E-state index in [-0.39, 0.29) is 22.8 Å². The number of aromatic nitrogens is 1. The Balaban J connectivity index is 3.07. The third kappa shape index (κ3) is 2.82. The Morgan fingerprint density at radius 3 is 2.19 bits per heavy atom. The van der Waals surface area contributed by atoms with Crippen molar-refractivity contribution in [1.29, 1.82) is 0 Å². The first-order valence-electron chi connectivity index (χ1n) is 4.02. The summed E-state index contributed by atoms with van der Waals surface area (Å²) in [7, 11) is 0. The highest BCUT2D eigenvalue weighted by atomic mass is 32.2. The molecule has 1 aromatic rings. The Bertz CT molecular complexity index is 401. The lowest BCUT2D eigenvalue weighted by Gasteiger charge is -2.06. The minimum atomic E-state index is -1.72. The lowest BCUT2D eigenvalue weighted by molar-refractivity contribution is 0.345. The van der Waals surface area contributed by atoms with Crippen molar-refractivity contribution < 1.29 is 22.3 Å². The maximum atomic E-state index is 13.1. The van der Waals surface area contributed by atoms with E-state index in [1.54, 1.807) is 6.92 Å². The van der Waals surface area contributed by atoms with Crippen molar-refractivity contribution >= 4 is 28.4 Å². The average Bonchev–Trinajstić information content (AvgIpc) is 2.22. The maximum Gasteiger partial charge on any atom is 0.252 e. The van der Waals surface area contributed by atoms with Crippen LogP contribution in [-0.4, -0.2) is 16.0 Å². The smallest absolute Gasteiger partial charge is 0.252 e. The van der Waals surface area contributed by atoms with Crippen LogP contribution in [0.5, 0.6) is 0 Å². The fourth-order valence-corrected chi connectivity index (χ4v) is 1.85. The summed E-state index contributed by atoms with van der Waals surface area (Å²) in [5.74, 6) is -6.63. The molecule has 0 amide bonds. The number of hydrogen-bond donors (Lipinski definition) is 0. The van der Waals surface area contributed by atoms with Gasteiger partial charge in [0.25, 0.3) is 11.9 Å². The minimum absolute atomic E-state index is 0.186. The van der Waals surface area contributed by atoms with Crippen molar-refractivity contribution in [2.75, 3.05) is 6.61 Å². The Kier molecular flexibility index (Phi) is 4.48. The molecular formula is C8H5F4NOS2. The third-order valence-electron chi connectivity index (χ3n) is 1.40. The summed E-state index contributed by atoms with van der Waals surface area (Å²) in [4.78, 5) is 1.51. The normalized spacial score (nSPS) is 10.3. The van der Waals surface area contributed by atoms with Gasteiger partial charge >= 0.3 is 0 Å². The standard InChI is InChI=1S/C8H5F4NOS2/c1-2-14-8(15)16-5-3(9)6(11)13-7(12)4(5)10/h2H2,1H3. The molecule has 1 heterocycles. The second kappa shape index (κ2) is 5.44. The summed E-state index contributed by atoms with van der Waals surface area (Å²) < 4.78 is 56.0. The van der Waals surface area contributed by atoms with Gasteiger partial charge < -0.3 is 4.74 Å². The maximum absolute atomic E-state index is 13.1. The molecule has 0 aromatic carbocycles. The molecule has 0 aliphatic carbocycles. The zero-order valence-corrected chi connectivity index (χ0v) is 9.52. The summed E-state index contributed by atoms with van der Waals surface area (Å²) in [6.07, 6.45) is 0. The lowest BCUT2D eigenvalue weighted by Crippen LogP contribution is -2.04. The van der Waals surface area contributed by atoms with Crippen LogP contribution in [0.4, 0.5) is 17.6 Å². The number of pyridine rings is 1. The van der Waals surface area contributed by atoms with Gasteiger partial charge in [-0.2, -0.15) is 13.8 Å². The van der Waals surface area contributed by atoms with Crippen LogP contribution in [0.1, 0.15) is 6.92 Å². The highest BCUT2D eigenvalue weighted by Gasteiger charge is 2.22. The summed E-state index contributed by atoms with van der Waals surface area (Å²) in [5, 5.41) is 0. The number of ether oxygens (including phenoxy) is 1. The van der Waals surface area contributed by atoms with Crippen LogP contribution in [0.3, 0.4) is 0 Å². The van der Waals surface area contributed by atoms with Crippen LogP contribution >= 0.6 is 24.0 Å². The van der Waals surface area contributed by atoms with Crippen LogP contribution in [0, 0.1) is 23.5 Å². The average molecular weight is 271 g/mol. The molecule has 1 aromatic heterocycles. The molecule has 0 spiro atoms. The van der Waals surface area contributed by atoms with Crippen LogP contribution in [-0.2, 0) is 4.74 Å². The predicted octanol–water partition coefficient (Wildman–Crippen LogP) is 3.05. The summed E-state index contributed by atoms with van der Waals surface area (Å²) >= 11 is 4.87. The topological polar surface area (TPSA) is 22.1 Å². The summed E-state index contributed by atoms with van der Waals surface area (Å²) in [6.45, 7) is 1.79. The molecule has 0 unspecified atom stereocenters. The molecule has 0 fully saturated rings. The second-order valence-corrected chi connectivity index (χ2v) is 4.05. The van der Waals surface area contributed by atoms with Gasteiger partial charge in [0.1, 0.15) is 0 Å². The van der Waals surface area contributed by atoms with Gasteiger partial charge in [0.15, 0.2) is 11.6 Å². The molecular weight excluding hydrogens is 266 g/mol. The highest BCUT2D eigenvalue weighted by molar-refractivity contribution is 8.22. The van der Waals surface area contributed by atoms with Gasteiger partial charge in [0, 0.05) is 0 Å². The van der Waals surface area contributed by atoms with Crippen molar-refractivity contribution in [2.24, 2.45) is 0 Å². The van der Waals surface area contributed by atoms with Gasteiger partial charge in [0.2, 0.25) is 4.38 Å². The number of hydrogen-bond acceptors (Lipinski definition) is 4. The molecule has 16 heavy (non-hydrogen) atoms. The van der Waals surface area contributed by atoms with Gasteiger partial charge in [-0.3, -0.25) is 0 Å². The van der Waals surface area contributed by atoms with E-state index in [9.17, 15) is 17.6 Å². The van der Waals surface area contributed by atoms with Gasteiger partial charge in [0.05, 0.1) is 11.5 Å². The second-order valence-electron chi connectivity index (χ2n) is 2.44. The number of rotatable bonds is 2. The third-order valence-corrected chi connectivity index (χ3v) is 2.62. The Hall–Kier alpha value is -0.890. The van der Waals surface area contributed by atoms with Gasteiger partial charge in [-0.05, 0) is 30.9 Å². The van der Waals surface area contributed by atoms with E-state index in [4.69, 9.17) is 4.74 Å². The summed E-state index contributed by atoms with van der Waals surface area (Å²) in [6, 6.07) is 0. The Morgan fingerprint density at radius 1 is 1.25 bits per heavy atom. The summed E-state index contributed by atoms with van der Waals surface area (Å²) in [5.41, 5.74) is 0.